The van der Waals surface area contributed by atoms with Crippen LogP contribution in [0.3, 0.4) is 0 Å². The van der Waals surface area contributed by atoms with Crippen LogP contribution >= 0.6 is 31.9 Å². The lowest BCUT2D eigenvalue weighted by Gasteiger charge is -2.04. The topological polar surface area (TPSA) is 39.4 Å². The molecule has 0 aliphatic rings. The van der Waals surface area contributed by atoms with Gasteiger partial charge in [0.1, 0.15) is 23.9 Å². The number of hydrogen-bond donors (Lipinski definition) is 0. The number of carbonyl (C=O) groups is 1. The van der Waals surface area contributed by atoms with Crippen molar-refractivity contribution in [3.8, 4) is 5.75 Å². The monoisotopic (exact) mass is 460 g/mol. The molecular weight excluding hydrogens is 448 g/mol. The molecule has 3 aromatic rings. The molecule has 1 aromatic heterocycles. The van der Waals surface area contributed by atoms with Crippen molar-refractivity contribution in [2.45, 2.75) is 6.61 Å². The first-order valence-corrected chi connectivity index (χ1v) is 9.14. The Labute approximate surface area is 162 Å². The van der Waals surface area contributed by atoms with Crippen molar-refractivity contribution in [3.63, 3.8) is 0 Å². The number of benzene rings is 2. The molecule has 0 atom stereocenters. The Balaban J connectivity index is 1.59. The van der Waals surface area contributed by atoms with E-state index in [1.54, 1.807) is 18.2 Å². The summed E-state index contributed by atoms with van der Waals surface area (Å²) >= 11 is 6.75. The van der Waals surface area contributed by atoms with Crippen LogP contribution in [0, 0.1) is 0 Å². The van der Waals surface area contributed by atoms with Gasteiger partial charge in [0, 0.05) is 14.5 Å². The summed E-state index contributed by atoms with van der Waals surface area (Å²) in [5.74, 6) is 1.98. The number of ketones is 1. The zero-order valence-electron chi connectivity index (χ0n) is 13.1. The van der Waals surface area contributed by atoms with Crippen molar-refractivity contribution >= 4 is 43.7 Å². The molecule has 0 aliphatic heterocycles. The second-order valence-corrected chi connectivity index (χ2v) is 7.09. The Morgan fingerprint density at radius 2 is 1.80 bits per heavy atom. The molecule has 0 radical (unpaired) electrons. The fourth-order valence-corrected chi connectivity index (χ4v) is 2.78. The molecule has 0 aliphatic carbocycles. The van der Waals surface area contributed by atoms with Gasteiger partial charge in [-0.2, -0.15) is 0 Å². The number of ether oxygens (including phenoxy) is 1. The van der Waals surface area contributed by atoms with Crippen LogP contribution < -0.4 is 4.74 Å². The minimum atomic E-state index is -0.0733. The lowest BCUT2D eigenvalue weighted by molar-refractivity contribution is 0.104. The lowest BCUT2D eigenvalue weighted by atomic mass is 10.1. The molecule has 0 spiro atoms. The van der Waals surface area contributed by atoms with Gasteiger partial charge in [0.15, 0.2) is 5.78 Å². The highest BCUT2D eigenvalue weighted by atomic mass is 79.9. The molecule has 126 valence electrons. The normalized spacial score (nSPS) is 11.0. The Bertz CT molecular complexity index is 895. The van der Waals surface area contributed by atoms with Gasteiger partial charge < -0.3 is 9.15 Å². The van der Waals surface area contributed by atoms with E-state index in [2.05, 4.69) is 31.9 Å². The van der Waals surface area contributed by atoms with Gasteiger partial charge in [0.2, 0.25) is 0 Å². The molecule has 0 saturated carbocycles. The average Bonchev–Trinajstić information content (AvgIpc) is 3.06. The largest absolute Gasteiger partial charge is 0.486 e. The number of hydrogen-bond acceptors (Lipinski definition) is 3. The van der Waals surface area contributed by atoms with E-state index in [0.29, 0.717) is 23.7 Å². The zero-order valence-corrected chi connectivity index (χ0v) is 16.3. The highest BCUT2D eigenvalue weighted by Crippen LogP contribution is 2.20. The molecule has 0 bridgehead atoms. The molecule has 0 N–H and O–H groups in total. The number of allylic oxidation sites excluding steroid dienone is 1. The summed E-state index contributed by atoms with van der Waals surface area (Å²) in [6.07, 6.45) is 3.16. The number of furan rings is 1. The summed E-state index contributed by atoms with van der Waals surface area (Å²) in [4.78, 5) is 12.1. The molecule has 2 aromatic carbocycles. The summed E-state index contributed by atoms with van der Waals surface area (Å²) in [5, 5.41) is 0. The Kier molecular flexibility index (Phi) is 5.89. The van der Waals surface area contributed by atoms with Crippen LogP contribution in [0.1, 0.15) is 21.9 Å². The first-order chi connectivity index (χ1) is 12.1. The predicted molar refractivity (Wildman–Crippen MR) is 105 cm³/mol. The maximum atomic E-state index is 12.1. The third-order valence-electron chi connectivity index (χ3n) is 3.39. The van der Waals surface area contributed by atoms with E-state index in [1.807, 2.05) is 48.5 Å². The molecule has 5 heteroatoms. The summed E-state index contributed by atoms with van der Waals surface area (Å²) in [5.41, 5.74) is 0.629. The zero-order chi connectivity index (χ0) is 17.6. The predicted octanol–water partition coefficient (Wildman–Crippen LogP) is 6.28. The van der Waals surface area contributed by atoms with E-state index in [4.69, 9.17) is 9.15 Å². The molecule has 3 nitrogen and oxygen atoms in total. The molecule has 0 unspecified atom stereocenters. The van der Waals surface area contributed by atoms with Crippen LogP contribution in [0.2, 0.25) is 0 Å². The van der Waals surface area contributed by atoms with Gasteiger partial charge in [0.05, 0.1) is 0 Å². The summed E-state index contributed by atoms with van der Waals surface area (Å²) < 4.78 is 13.2. The maximum Gasteiger partial charge on any atom is 0.185 e. The van der Waals surface area contributed by atoms with Crippen LogP contribution in [0.25, 0.3) is 6.08 Å². The molecule has 1 heterocycles. The lowest BCUT2D eigenvalue weighted by Crippen LogP contribution is -1.93. The number of halogens is 2. The van der Waals surface area contributed by atoms with Crippen LogP contribution in [0.15, 0.2) is 80.1 Å². The van der Waals surface area contributed by atoms with Crippen molar-refractivity contribution in [2.24, 2.45) is 0 Å². The standard InChI is InChI=1S/C20H14Br2O3/c21-15-6-4-14(5-7-15)20(23)11-10-17-8-9-19(25-17)13-24-18-3-1-2-16(22)12-18/h1-12H,13H2/b11-10+. The average molecular weight is 462 g/mol. The second-order valence-electron chi connectivity index (χ2n) is 5.25. The third-order valence-corrected chi connectivity index (χ3v) is 4.41. The second kappa shape index (κ2) is 8.32. The first-order valence-electron chi connectivity index (χ1n) is 7.55. The van der Waals surface area contributed by atoms with Crippen LogP contribution in [0.4, 0.5) is 0 Å². The van der Waals surface area contributed by atoms with Gasteiger partial charge in [-0.15, -0.1) is 0 Å². The highest BCUT2D eigenvalue weighted by Gasteiger charge is 2.04. The van der Waals surface area contributed by atoms with Crippen molar-refractivity contribution in [2.75, 3.05) is 0 Å². The fourth-order valence-electron chi connectivity index (χ4n) is 2.14. The van der Waals surface area contributed by atoms with E-state index in [1.165, 1.54) is 6.08 Å². The van der Waals surface area contributed by atoms with Gasteiger partial charge in [-0.3, -0.25) is 4.79 Å². The summed E-state index contributed by atoms with van der Waals surface area (Å²) in [6, 6.07) is 18.5. The Morgan fingerprint density at radius 1 is 1.00 bits per heavy atom. The van der Waals surface area contributed by atoms with E-state index >= 15 is 0 Å². The SMILES string of the molecule is O=C(/C=C/c1ccc(COc2cccc(Br)c2)o1)c1ccc(Br)cc1. The molecule has 0 saturated heterocycles. The number of rotatable bonds is 6. The van der Waals surface area contributed by atoms with Gasteiger partial charge in [-0.25, -0.2) is 0 Å². The number of carbonyl (C=O) groups excluding carboxylic acids is 1. The van der Waals surface area contributed by atoms with Crippen molar-refractivity contribution in [1.29, 1.82) is 0 Å². The Morgan fingerprint density at radius 3 is 2.56 bits per heavy atom. The molecule has 25 heavy (non-hydrogen) atoms. The van der Waals surface area contributed by atoms with E-state index in [-0.39, 0.29) is 5.78 Å². The quantitative estimate of drug-likeness (QED) is 0.320. The first kappa shape index (κ1) is 17.7. The van der Waals surface area contributed by atoms with E-state index in [9.17, 15) is 4.79 Å². The molecule has 0 amide bonds. The van der Waals surface area contributed by atoms with Crippen molar-refractivity contribution < 1.29 is 13.9 Å². The minimum absolute atomic E-state index is 0.0733. The van der Waals surface area contributed by atoms with E-state index in [0.717, 1.165) is 14.7 Å². The van der Waals surface area contributed by atoms with E-state index < -0.39 is 0 Å². The molecule has 0 fully saturated rings. The Hall–Kier alpha value is -2.11. The van der Waals surface area contributed by atoms with Crippen LogP contribution in [-0.2, 0) is 6.61 Å². The maximum absolute atomic E-state index is 12.1. The minimum Gasteiger partial charge on any atom is -0.486 e. The van der Waals surface area contributed by atoms with Crippen LogP contribution in [0.5, 0.6) is 5.75 Å². The van der Waals surface area contributed by atoms with Gasteiger partial charge in [-0.1, -0.05) is 37.9 Å². The summed E-state index contributed by atoms with van der Waals surface area (Å²) in [6.45, 7) is 0.324. The highest BCUT2D eigenvalue weighted by molar-refractivity contribution is 9.10. The van der Waals surface area contributed by atoms with Crippen LogP contribution in [-0.4, -0.2) is 5.78 Å². The van der Waals surface area contributed by atoms with Crippen molar-refractivity contribution in [1.82, 2.24) is 0 Å². The molecular formula is C20H14Br2O3. The smallest absolute Gasteiger partial charge is 0.185 e. The van der Waals surface area contributed by atoms with Gasteiger partial charge >= 0.3 is 0 Å². The fraction of sp³-hybridized carbons (Fsp3) is 0.0500. The van der Waals surface area contributed by atoms with Gasteiger partial charge in [0.25, 0.3) is 0 Å². The molecule has 3 rings (SSSR count). The third kappa shape index (κ3) is 5.18. The van der Waals surface area contributed by atoms with Crippen molar-refractivity contribution in [3.05, 3.63) is 92.8 Å². The summed E-state index contributed by atoms with van der Waals surface area (Å²) in [7, 11) is 0. The van der Waals surface area contributed by atoms with Gasteiger partial charge in [-0.05, 0) is 66.7 Å².